The number of hydrogen-bond donors (Lipinski definition) is 3. The molecular formula is C26H38O8. The van der Waals surface area contributed by atoms with Gasteiger partial charge in [-0.2, -0.15) is 0 Å². The average molecular weight is 479 g/mol. The number of carbonyl (C=O) groups is 1. The number of rotatable bonds is 2. The van der Waals surface area contributed by atoms with E-state index in [0.717, 1.165) is 11.1 Å². The van der Waals surface area contributed by atoms with Gasteiger partial charge in [-0.1, -0.05) is 34.3 Å². The van der Waals surface area contributed by atoms with Crippen LogP contribution in [0.2, 0.25) is 0 Å². The second-order valence-corrected chi connectivity index (χ2v) is 11.8. The summed E-state index contributed by atoms with van der Waals surface area (Å²) in [5, 5.41) is 35.2. The molecule has 0 amide bonds. The monoisotopic (exact) mass is 478 g/mol. The van der Waals surface area contributed by atoms with E-state index in [9.17, 15) is 20.1 Å². The maximum atomic E-state index is 12.5. The van der Waals surface area contributed by atoms with Gasteiger partial charge in [0.25, 0.3) is 0 Å². The summed E-state index contributed by atoms with van der Waals surface area (Å²) in [6.07, 6.45) is -2.18. The summed E-state index contributed by atoms with van der Waals surface area (Å²) in [7, 11) is 0. The van der Waals surface area contributed by atoms with E-state index in [2.05, 4.69) is 6.58 Å². The Bertz CT molecular complexity index is 943. The molecule has 8 heteroatoms. The van der Waals surface area contributed by atoms with E-state index >= 15 is 0 Å². The highest BCUT2D eigenvalue weighted by molar-refractivity contribution is 5.67. The maximum absolute atomic E-state index is 12.5. The minimum Gasteiger partial charge on any atom is -0.454 e. The Morgan fingerprint density at radius 2 is 1.91 bits per heavy atom. The average Bonchev–Trinajstić information content (AvgIpc) is 3.17. The fourth-order valence-electron chi connectivity index (χ4n) is 8.35. The number of esters is 1. The molecule has 0 spiro atoms. The minimum absolute atomic E-state index is 0.129. The Morgan fingerprint density at radius 3 is 2.47 bits per heavy atom. The van der Waals surface area contributed by atoms with Crippen LogP contribution >= 0.6 is 0 Å². The van der Waals surface area contributed by atoms with E-state index < -0.39 is 76.6 Å². The Hall–Kier alpha value is -1.29. The fraction of sp³-hybridized carbons (Fsp3) is 0.808. The first-order chi connectivity index (χ1) is 15.8. The molecule has 2 bridgehead atoms. The number of fused-ring (bicyclic) bond motifs is 8. The summed E-state index contributed by atoms with van der Waals surface area (Å²) < 4.78 is 24.7. The van der Waals surface area contributed by atoms with Crippen molar-refractivity contribution in [1.82, 2.24) is 0 Å². The molecule has 2 saturated carbocycles. The lowest BCUT2D eigenvalue weighted by Crippen LogP contribution is -2.80. The van der Waals surface area contributed by atoms with Gasteiger partial charge in [0.1, 0.15) is 12.2 Å². The molecule has 4 fully saturated rings. The summed E-state index contributed by atoms with van der Waals surface area (Å²) >= 11 is 0. The van der Waals surface area contributed by atoms with E-state index in [-0.39, 0.29) is 19.4 Å². The van der Waals surface area contributed by atoms with Crippen LogP contribution in [-0.2, 0) is 23.7 Å². The van der Waals surface area contributed by atoms with E-state index in [4.69, 9.17) is 18.9 Å². The third-order valence-electron chi connectivity index (χ3n) is 10.1. The van der Waals surface area contributed by atoms with Crippen molar-refractivity contribution in [2.24, 2.45) is 22.7 Å². The van der Waals surface area contributed by atoms with Crippen LogP contribution in [0.1, 0.15) is 54.4 Å². The maximum Gasteiger partial charge on any atom is 0.303 e. The van der Waals surface area contributed by atoms with Gasteiger partial charge in [-0.15, -0.1) is 0 Å². The molecule has 3 N–H and O–H groups in total. The smallest absolute Gasteiger partial charge is 0.303 e. The molecule has 3 aliphatic carbocycles. The topological polar surface area (TPSA) is 115 Å². The molecule has 5 rings (SSSR count). The normalized spacial score (nSPS) is 53.4. The van der Waals surface area contributed by atoms with Crippen LogP contribution in [0, 0.1) is 22.7 Å². The lowest BCUT2D eigenvalue weighted by molar-refractivity contribution is -0.354. The Balaban J connectivity index is 1.81. The molecule has 5 aliphatic rings. The molecule has 11 atom stereocenters. The van der Waals surface area contributed by atoms with E-state index in [1.807, 2.05) is 34.6 Å². The Kier molecular flexibility index (Phi) is 5.29. The fourth-order valence-corrected chi connectivity index (χ4v) is 8.35. The van der Waals surface area contributed by atoms with Gasteiger partial charge < -0.3 is 34.3 Å². The van der Waals surface area contributed by atoms with Crippen molar-refractivity contribution in [1.29, 1.82) is 0 Å². The highest BCUT2D eigenvalue weighted by atomic mass is 16.7. The van der Waals surface area contributed by atoms with Crippen LogP contribution in [0.25, 0.3) is 0 Å². The number of aliphatic hydroxyl groups is 3. The molecule has 190 valence electrons. The van der Waals surface area contributed by atoms with Crippen LogP contribution < -0.4 is 0 Å². The second kappa shape index (κ2) is 7.37. The Labute approximate surface area is 200 Å². The summed E-state index contributed by atoms with van der Waals surface area (Å²) in [5.74, 6) is -1.45. The molecule has 0 radical (unpaired) electrons. The number of hydrogen-bond acceptors (Lipinski definition) is 8. The Morgan fingerprint density at radius 1 is 1.24 bits per heavy atom. The third-order valence-corrected chi connectivity index (χ3v) is 10.1. The predicted molar refractivity (Wildman–Crippen MR) is 121 cm³/mol. The van der Waals surface area contributed by atoms with Gasteiger partial charge in [0.05, 0.1) is 30.5 Å². The van der Waals surface area contributed by atoms with Crippen molar-refractivity contribution in [2.45, 2.75) is 102 Å². The van der Waals surface area contributed by atoms with Gasteiger partial charge in [-0.25, -0.2) is 0 Å². The van der Waals surface area contributed by atoms with Crippen LogP contribution in [0.4, 0.5) is 0 Å². The highest BCUT2D eigenvalue weighted by Crippen LogP contribution is 2.67. The van der Waals surface area contributed by atoms with Gasteiger partial charge in [0.15, 0.2) is 11.9 Å². The van der Waals surface area contributed by atoms with Crippen molar-refractivity contribution in [3.63, 3.8) is 0 Å². The van der Waals surface area contributed by atoms with Gasteiger partial charge in [0, 0.05) is 36.5 Å². The number of aliphatic hydroxyl groups excluding tert-OH is 2. The minimum atomic E-state index is -1.38. The first-order valence-corrected chi connectivity index (χ1v) is 12.3. The predicted octanol–water partition coefficient (Wildman–Crippen LogP) is 1.86. The quantitative estimate of drug-likeness (QED) is 0.407. The van der Waals surface area contributed by atoms with Crippen LogP contribution in [0.3, 0.4) is 0 Å². The van der Waals surface area contributed by atoms with E-state index in [1.54, 1.807) is 6.08 Å². The summed E-state index contributed by atoms with van der Waals surface area (Å²) in [6.45, 7) is 15.1. The van der Waals surface area contributed by atoms with Crippen molar-refractivity contribution in [3.05, 3.63) is 23.8 Å². The molecule has 0 aromatic carbocycles. The number of carbonyl (C=O) groups excluding carboxylic acids is 1. The second-order valence-electron chi connectivity index (χ2n) is 11.8. The number of ether oxygens (including phenoxy) is 4. The molecule has 0 aromatic rings. The standard InChI is InChI=1S/C26H38O8/c1-8-18-32-20-19-12(2)15(28)10-26(30,23(19,5)6)13(3)21-24(7,22(20)33-18)16(29)9-17-25(21,11-31-17)34-14(4)27/h8,13,15-18,20-22,28-30H,1,9-11H2,2-7H3/t13-,15-,16-,17+,18+,20+,21-,22+,24+,25-,26+/m0/s1. The van der Waals surface area contributed by atoms with Crippen molar-refractivity contribution in [2.75, 3.05) is 6.61 Å². The summed E-state index contributed by atoms with van der Waals surface area (Å²) in [5.41, 5.74) is -2.58. The summed E-state index contributed by atoms with van der Waals surface area (Å²) in [4.78, 5) is 12.3. The molecule has 8 nitrogen and oxygen atoms in total. The highest BCUT2D eigenvalue weighted by Gasteiger charge is 2.76. The SMILES string of the molecule is C=C[C@@H]1O[C@@H]2C3=C(C)[C@@H](O)C[C@@](O)([C@@H](C)[C@@H]4[C@]5(OC(C)=O)CO[C@@H]5C[C@H](O)[C@@]4(C)[C@@H]2O1)C3(C)C. The van der Waals surface area contributed by atoms with Gasteiger partial charge in [-0.05, 0) is 30.1 Å². The molecular weight excluding hydrogens is 440 g/mol. The summed E-state index contributed by atoms with van der Waals surface area (Å²) in [6, 6.07) is 0. The first-order valence-electron chi connectivity index (χ1n) is 12.3. The van der Waals surface area contributed by atoms with Crippen LogP contribution in [-0.4, -0.2) is 75.9 Å². The van der Waals surface area contributed by atoms with Gasteiger partial charge in [0.2, 0.25) is 0 Å². The molecule has 2 saturated heterocycles. The first kappa shape index (κ1) is 24.4. The zero-order valence-corrected chi connectivity index (χ0v) is 20.9. The van der Waals surface area contributed by atoms with Crippen molar-refractivity contribution < 1.29 is 39.1 Å². The van der Waals surface area contributed by atoms with E-state index in [0.29, 0.717) is 0 Å². The molecule has 2 heterocycles. The third kappa shape index (κ3) is 2.73. The molecule has 2 aliphatic heterocycles. The molecule has 34 heavy (non-hydrogen) atoms. The largest absolute Gasteiger partial charge is 0.454 e. The lowest BCUT2D eigenvalue weighted by atomic mass is 9.42. The van der Waals surface area contributed by atoms with Gasteiger partial charge >= 0.3 is 5.97 Å². The van der Waals surface area contributed by atoms with Crippen molar-refractivity contribution in [3.8, 4) is 0 Å². The molecule has 0 aromatic heterocycles. The lowest BCUT2D eigenvalue weighted by Gasteiger charge is -2.69. The van der Waals surface area contributed by atoms with Crippen LogP contribution in [0.15, 0.2) is 23.8 Å². The van der Waals surface area contributed by atoms with Gasteiger partial charge in [-0.3, -0.25) is 4.79 Å². The van der Waals surface area contributed by atoms with E-state index in [1.165, 1.54) is 6.92 Å². The molecule has 0 unspecified atom stereocenters. The zero-order valence-electron chi connectivity index (χ0n) is 20.9. The van der Waals surface area contributed by atoms with Crippen molar-refractivity contribution >= 4 is 5.97 Å². The zero-order chi connectivity index (χ0) is 25.0. The van der Waals surface area contributed by atoms with Crippen LogP contribution in [0.5, 0.6) is 0 Å².